The van der Waals surface area contributed by atoms with Gasteiger partial charge in [-0.3, -0.25) is 4.90 Å². The third-order valence-electron chi connectivity index (χ3n) is 4.85. The first kappa shape index (κ1) is 20.0. The van der Waals surface area contributed by atoms with Gasteiger partial charge in [0.05, 0.1) is 18.1 Å². The SMILES string of the molecule is CCOC(=O)c1sc2nc(C)nc(N3CCN(CC(C)O)CC3C)c2c1C. The number of carbonyl (C=O) groups excluding carboxylic acids is 1. The average Bonchev–Trinajstić information content (AvgIpc) is 2.91. The first-order valence-electron chi connectivity index (χ1n) is 9.43. The zero-order valence-corrected chi connectivity index (χ0v) is 17.5. The summed E-state index contributed by atoms with van der Waals surface area (Å²) in [6, 6.07) is 0.250. The van der Waals surface area contributed by atoms with Crippen LogP contribution in [-0.2, 0) is 4.74 Å². The molecule has 2 unspecified atom stereocenters. The minimum Gasteiger partial charge on any atom is -0.462 e. The molecule has 1 fully saturated rings. The summed E-state index contributed by atoms with van der Waals surface area (Å²) in [5, 5.41) is 10.6. The summed E-state index contributed by atoms with van der Waals surface area (Å²) in [6.07, 6.45) is -0.331. The van der Waals surface area contributed by atoms with Gasteiger partial charge in [0.1, 0.15) is 21.3 Å². The maximum absolute atomic E-state index is 12.3. The van der Waals surface area contributed by atoms with Crippen molar-refractivity contribution in [2.75, 3.05) is 37.7 Å². The number of hydrogen-bond acceptors (Lipinski definition) is 8. The summed E-state index contributed by atoms with van der Waals surface area (Å²) in [4.78, 5) is 27.6. The smallest absolute Gasteiger partial charge is 0.348 e. The number of carbonyl (C=O) groups is 1. The van der Waals surface area contributed by atoms with E-state index in [1.165, 1.54) is 11.3 Å². The number of hydrogen-bond donors (Lipinski definition) is 1. The molecule has 8 heteroatoms. The minimum absolute atomic E-state index is 0.250. The van der Waals surface area contributed by atoms with E-state index in [9.17, 15) is 9.90 Å². The van der Waals surface area contributed by atoms with E-state index in [1.807, 2.05) is 27.7 Å². The van der Waals surface area contributed by atoms with Gasteiger partial charge < -0.3 is 14.7 Å². The first-order chi connectivity index (χ1) is 12.8. The summed E-state index contributed by atoms with van der Waals surface area (Å²) >= 11 is 1.38. The van der Waals surface area contributed by atoms with Crippen molar-refractivity contribution in [1.82, 2.24) is 14.9 Å². The number of aryl methyl sites for hydroxylation is 2. The van der Waals surface area contributed by atoms with Crippen molar-refractivity contribution in [3.05, 3.63) is 16.3 Å². The van der Waals surface area contributed by atoms with Crippen LogP contribution in [0.2, 0.25) is 0 Å². The van der Waals surface area contributed by atoms with Gasteiger partial charge in [-0.05, 0) is 40.2 Å². The highest BCUT2D eigenvalue weighted by molar-refractivity contribution is 7.20. The number of piperazine rings is 1. The molecule has 0 saturated carbocycles. The van der Waals surface area contributed by atoms with Gasteiger partial charge >= 0.3 is 5.97 Å². The quantitative estimate of drug-likeness (QED) is 0.783. The molecular formula is C19H28N4O3S. The molecule has 7 nitrogen and oxygen atoms in total. The number of aromatic nitrogens is 2. The van der Waals surface area contributed by atoms with Crippen molar-refractivity contribution in [2.45, 2.75) is 46.8 Å². The molecule has 2 atom stereocenters. The van der Waals surface area contributed by atoms with E-state index in [0.717, 1.165) is 41.2 Å². The zero-order chi connectivity index (χ0) is 19.7. The molecule has 0 radical (unpaired) electrons. The van der Waals surface area contributed by atoms with Gasteiger partial charge in [-0.15, -0.1) is 11.3 Å². The second kappa shape index (κ2) is 8.08. The Kier molecular flexibility index (Phi) is 5.98. The van der Waals surface area contributed by atoms with Crippen molar-refractivity contribution in [1.29, 1.82) is 0 Å². The normalized spacial score (nSPS) is 19.5. The van der Waals surface area contributed by atoms with Crippen molar-refractivity contribution in [3.8, 4) is 0 Å². The Hall–Kier alpha value is -1.77. The Morgan fingerprint density at radius 3 is 2.74 bits per heavy atom. The Morgan fingerprint density at radius 2 is 2.11 bits per heavy atom. The fourth-order valence-corrected chi connectivity index (χ4v) is 4.82. The van der Waals surface area contributed by atoms with E-state index >= 15 is 0 Å². The third kappa shape index (κ3) is 4.07. The van der Waals surface area contributed by atoms with Crippen LogP contribution in [0, 0.1) is 13.8 Å². The summed E-state index contributed by atoms with van der Waals surface area (Å²) in [7, 11) is 0. The van der Waals surface area contributed by atoms with E-state index in [2.05, 4.69) is 21.7 Å². The van der Waals surface area contributed by atoms with Crippen molar-refractivity contribution in [3.63, 3.8) is 0 Å². The molecule has 3 heterocycles. The fraction of sp³-hybridized carbons (Fsp3) is 0.632. The zero-order valence-electron chi connectivity index (χ0n) is 16.7. The predicted octanol–water partition coefficient (Wildman–Crippen LogP) is 2.38. The maximum Gasteiger partial charge on any atom is 0.348 e. The van der Waals surface area contributed by atoms with Gasteiger partial charge in [0.15, 0.2) is 0 Å². The molecule has 0 spiro atoms. The molecule has 1 N–H and O–H groups in total. The van der Waals surface area contributed by atoms with E-state index in [1.54, 1.807) is 0 Å². The highest BCUT2D eigenvalue weighted by Crippen LogP contribution is 2.37. The molecule has 2 aromatic heterocycles. The van der Waals surface area contributed by atoms with Gasteiger partial charge in [-0.2, -0.15) is 0 Å². The lowest BCUT2D eigenvalue weighted by Gasteiger charge is -2.41. The molecule has 0 aliphatic carbocycles. The lowest BCUT2D eigenvalue weighted by Crippen LogP contribution is -2.53. The van der Waals surface area contributed by atoms with Gasteiger partial charge in [0.25, 0.3) is 0 Å². The standard InChI is InChI=1S/C19H28N4O3S/c1-6-26-19(25)16-13(4)15-17(20-14(5)21-18(15)27-16)23-8-7-22(9-11(23)2)10-12(3)24/h11-12,24H,6-10H2,1-5H3. The summed E-state index contributed by atoms with van der Waals surface area (Å²) in [6.45, 7) is 13.2. The Morgan fingerprint density at radius 1 is 1.37 bits per heavy atom. The minimum atomic E-state index is -0.331. The van der Waals surface area contributed by atoms with Gasteiger partial charge in [-0.1, -0.05) is 0 Å². The fourth-order valence-electron chi connectivity index (χ4n) is 3.71. The Labute approximate surface area is 164 Å². The van der Waals surface area contributed by atoms with Crippen LogP contribution in [0.5, 0.6) is 0 Å². The lowest BCUT2D eigenvalue weighted by atomic mass is 10.1. The summed E-state index contributed by atoms with van der Waals surface area (Å²) in [5.74, 6) is 1.30. The molecule has 0 bridgehead atoms. The van der Waals surface area contributed by atoms with Crippen LogP contribution >= 0.6 is 11.3 Å². The summed E-state index contributed by atoms with van der Waals surface area (Å²) < 4.78 is 5.21. The maximum atomic E-state index is 12.3. The van der Waals surface area contributed by atoms with E-state index in [-0.39, 0.29) is 18.1 Å². The van der Waals surface area contributed by atoms with Crippen LogP contribution in [-0.4, -0.2) is 70.9 Å². The molecular weight excluding hydrogens is 364 g/mol. The third-order valence-corrected chi connectivity index (χ3v) is 6.02. The number of β-amino-alcohol motifs (C(OH)–C–C–N with tert-alkyl or cyclic N) is 1. The molecule has 2 aromatic rings. The van der Waals surface area contributed by atoms with Crippen LogP contribution in [0.25, 0.3) is 10.2 Å². The number of esters is 1. The summed E-state index contributed by atoms with van der Waals surface area (Å²) in [5.41, 5.74) is 0.891. The van der Waals surface area contributed by atoms with Crippen molar-refractivity contribution < 1.29 is 14.6 Å². The van der Waals surface area contributed by atoms with Gasteiger partial charge in [0, 0.05) is 32.2 Å². The number of ether oxygens (including phenoxy) is 1. The van der Waals surface area contributed by atoms with Crippen LogP contribution < -0.4 is 4.90 Å². The van der Waals surface area contributed by atoms with E-state index < -0.39 is 0 Å². The largest absolute Gasteiger partial charge is 0.462 e. The number of fused-ring (bicyclic) bond motifs is 1. The van der Waals surface area contributed by atoms with Gasteiger partial charge in [0.2, 0.25) is 0 Å². The molecule has 1 aliphatic heterocycles. The van der Waals surface area contributed by atoms with Crippen LogP contribution in [0.3, 0.4) is 0 Å². The number of rotatable bonds is 5. The second-order valence-electron chi connectivity index (χ2n) is 7.20. The first-order valence-corrected chi connectivity index (χ1v) is 10.2. The molecule has 0 amide bonds. The molecule has 148 valence electrons. The topological polar surface area (TPSA) is 78.8 Å². The second-order valence-corrected chi connectivity index (χ2v) is 8.20. The average molecular weight is 393 g/mol. The van der Waals surface area contributed by atoms with E-state index in [4.69, 9.17) is 9.72 Å². The molecule has 0 aromatic carbocycles. The molecule has 27 heavy (non-hydrogen) atoms. The number of thiophene rings is 1. The highest BCUT2D eigenvalue weighted by atomic mass is 32.1. The molecule has 1 aliphatic rings. The van der Waals surface area contributed by atoms with Crippen molar-refractivity contribution in [2.24, 2.45) is 0 Å². The van der Waals surface area contributed by atoms with Crippen molar-refractivity contribution >= 4 is 33.3 Å². The number of aliphatic hydroxyl groups excluding tert-OH is 1. The lowest BCUT2D eigenvalue weighted by molar-refractivity contribution is 0.0531. The van der Waals surface area contributed by atoms with Crippen LogP contribution in [0.1, 0.15) is 41.8 Å². The number of aliphatic hydroxyl groups is 1. The van der Waals surface area contributed by atoms with Crippen LogP contribution in [0.4, 0.5) is 5.82 Å². The molecule has 1 saturated heterocycles. The molecule has 3 rings (SSSR count). The van der Waals surface area contributed by atoms with Crippen LogP contribution in [0.15, 0.2) is 0 Å². The highest BCUT2D eigenvalue weighted by Gasteiger charge is 2.29. The predicted molar refractivity (Wildman–Crippen MR) is 108 cm³/mol. The number of nitrogens with zero attached hydrogens (tertiary/aromatic N) is 4. The Bertz CT molecular complexity index is 836. The number of anilines is 1. The monoisotopic (exact) mass is 392 g/mol. The Balaban J connectivity index is 1.98. The van der Waals surface area contributed by atoms with Gasteiger partial charge in [-0.25, -0.2) is 14.8 Å². The van der Waals surface area contributed by atoms with E-state index in [0.29, 0.717) is 23.9 Å².